The van der Waals surface area contributed by atoms with E-state index in [2.05, 4.69) is 9.88 Å². The van der Waals surface area contributed by atoms with Gasteiger partial charge in [-0.1, -0.05) is 29.8 Å². The molecule has 2 aromatic carbocycles. The smallest absolute Gasteiger partial charge is 0.251 e. The number of rotatable bonds is 4. The Morgan fingerprint density at radius 3 is 2.41 bits per heavy atom. The van der Waals surface area contributed by atoms with Crippen LogP contribution in [-0.2, 0) is 6.54 Å². The Balaban J connectivity index is 1.63. The molecule has 1 aromatic heterocycles. The number of amides is 1. The zero-order valence-electron chi connectivity index (χ0n) is 12.5. The van der Waals surface area contributed by atoms with Gasteiger partial charge in [0.15, 0.2) is 0 Å². The Morgan fingerprint density at radius 1 is 1.00 bits per heavy atom. The Hall–Kier alpha value is -2.81. The van der Waals surface area contributed by atoms with Gasteiger partial charge in [0.25, 0.3) is 5.91 Å². The highest BCUT2D eigenvalue weighted by Crippen LogP contribution is 2.10. The Labute approximate surface area is 130 Å². The molecule has 3 heteroatoms. The van der Waals surface area contributed by atoms with E-state index >= 15 is 0 Å². The van der Waals surface area contributed by atoms with Crippen LogP contribution in [0.3, 0.4) is 0 Å². The Morgan fingerprint density at radius 2 is 1.73 bits per heavy atom. The minimum absolute atomic E-state index is 0.0433. The minimum Gasteiger partial charge on any atom is -0.348 e. The Bertz CT molecular complexity index is 758. The van der Waals surface area contributed by atoms with E-state index in [1.807, 2.05) is 80.0 Å². The highest BCUT2D eigenvalue weighted by atomic mass is 16.1. The molecule has 3 rings (SSSR count). The molecule has 0 atom stereocenters. The summed E-state index contributed by atoms with van der Waals surface area (Å²) in [6.07, 6.45) is 4.02. The van der Waals surface area contributed by atoms with Crippen molar-refractivity contribution in [2.75, 3.05) is 0 Å². The molecule has 0 fully saturated rings. The zero-order valence-corrected chi connectivity index (χ0v) is 12.5. The molecule has 3 aromatic rings. The molecule has 1 N–H and O–H groups in total. The summed E-state index contributed by atoms with van der Waals surface area (Å²) >= 11 is 0. The summed E-state index contributed by atoms with van der Waals surface area (Å²) in [7, 11) is 0. The van der Waals surface area contributed by atoms with E-state index in [-0.39, 0.29) is 5.91 Å². The molecule has 0 aliphatic heterocycles. The van der Waals surface area contributed by atoms with Crippen LogP contribution in [0.4, 0.5) is 0 Å². The van der Waals surface area contributed by atoms with Crippen LogP contribution in [-0.4, -0.2) is 10.5 Å². The van der Waals surface area contributed by atoms with Gasteiger partial charge in [-0.15, -0.1) is 0 Å². The molecule has 0 aliphatic rings. The predicted molar refractivity (Wildman–Crippen MR) is 88.1 cm³/mol. The van der Waals surface area contributed by atoms with Crippen molar-refractivity contribution in [2.45, 2.75) is 13.5 Å². The maximum absolute atomic E-state index is 12.1. The fraction of sp³-hybridized carbons (Fsp3) is 0.105. The summed E-state index contributed by atoms with van der Waals surface area (Å²) in [4.78, 5) is 12.1. The lowest BCUT2D eigenvalue weighted by atomic mass is 10.1. The summed E-state index contributed by atoms with van der Waals surface area (Å²) in [5, 5.41) is 2.95. The van der Waals surface area contributed by atoms with Crippen molar-refractivity contribution in [1.29, 1.82) is 0 Å². The molecule has 1 heterocycles. The first-order valence-electron chi connectivity index (χ1n) is 7.29. The second kappa shape index (κ2) is 6.31. The molecule has 0 radical (unpaired) electrons. The first kappa shape index (κ1) is 14.1. The monoisotopic (exact) mass is 290 g/mol. The quantitative estimate of drug-likeness (QED) is 0.780. The highest BCUT2D eigenvalue weighted by Gasteiger charge is 2.05. The lowest BCUT2D eigenvalue weighted by Crippen LogP contribution is -2.22. The molecule has 1 amide bonds. The molecule has 0 aliphatic carbocycles. The van der Waals surface area contributed by atoms with Crippen LogP contribution < -0.4 is 5.32 Å². The van der Waals surface area contributed by atoms with Crippen LogP contribution in [0.2, 0.25) is 0 Å². The fourth-order valence-corrected chi connectivity index (χ4v) is 2.36. The van der Waals surface area contributed by atoms with E-state index in [4.69, 9.17) is 0 Å². The van der Waals surface area contributed by atoms with E-state index in [1.54, 1.807) is 0 Å². The predicted octanol–water partition coefficient (Wildman–Crippen LogP) is 3.72. The van der Waals surface area contributed by atoms with Crippen molar-refractivity contribution in [3.05, 3.63) is 89.7 Å². The van der Waals surface area contributed by atoms with Crippen LogP contribution in [0.25, 0.3) is 5.69 Å². The first-order valence-corrected chi connectivity index (χ1v) is 7.29. The van der Waals surface area contributed by atoms with Gasteiger partial charge in [-0.3, -0.25) is 4.79 Å². The normalized spacial score (nSPS) is 10.4. The summed E-state index contributed by atoms with van der Waals surface area (Å²) in [5.41, 5.74) is 3.98. The van der Waals surface area contributed by atoms with Crippen LogP contribution in [0, 0.1) is 6.92 Å². The average molecular weight is 290 g/mol. The van der Waals surface area contributed by atoms with Crippen LogP contribution >= 0.6 is 0 Å². The van der Waals surface area contributed by atoms with E-state index in [0.29, 0.717) is 12.1 Å². The molecule has 22 heavy (non-hydrogen) atoms. The van der Waals surface area contributed by atoms with Crippen molar-refractivity contribution < 1.29 is 4.79 Å². The second-order valence-electron chi connectivity index (χ2n) is 5.31. The van der Waals surface area contributed by atoms with E-state index in [0.717, 1.165) is 16.8 Å². The van der Waals surface area contributed by atoms with Crippen molar-refractivity contribution in [2.24, 2.45) is 0 Å². The van der Waals surface area contributed by atoms with Gasteiger partial charge in [-0.05, 0) is 48.9 Å². The van der Waals surface area contributed by atoms with Gasteiger partial charge in [-0.2, -0.15) is 0 Å². The number of hydrogen-bond donors (Lipinski definition) is 1. The van der Waals surface area contributed by atoms with Crippen molar-refractivity contribution >= 4 is 5.91 Å². The van der Waals surface area contributed by atoms with Crippen molar-refractivity contribution in [1.82, 2.24) is 9.88 Å². The lowest BCUT2D eigenvalue weighted by Gasteiger charge is -2.08. The lowest BCUT2D eigenvalue weighted by molar-refractivity contribution is 0.0951. The number of aromatic nitrogens is 1. The third-order valence-corrected chi connectivity index (χ3v) is 3.57. The number of carbonyl (C=O) groups is 1. The number of nitrogens with zero attached hydrogens (tertiary/aromatic N) is 1. The number of hydrogen-bond acceptors (Lipinski definition) is 1. The van der Waals surface area contributed by atoms with Gasteiger partial charge in [0, 0.05) is 30.2 Å². The minimum atomic E-state index is -0.0433. The van der Waals surface area contributed by atoms with Crippen molar-refractivity contribution in [3.8, 4) is 5.69 Å². The number of aryl methyl sites for hydroxylation is 1. The first-order chi connectivity index (χ1) is 10.7. The topological polar surface area (TPSA) is 34.0 Å². The molecule has 110 valence electrons. The number of carbonyl (C=O) groups excluding carboxylic acids is 1. The highest BCUT2D eigenvalue weighted by molar-refractivity contribution is 5.94. The molecular weight excluding hydrogens is 272 g/mol. The molecule has 3 nitrogen and oxygen atoms in total. The average Bonchev–Trinajstić information content (AvgIpc) is 3.07. The van der Waals surface area contributed by atoms with Crippen molar-refractivity contribution in [3.63, 3.8) is 0 Å². The van der Waals surface area contributed by atoms with Crippen LogP contribution in [0.15, 0.2) is 73.1 Å². The number of benzene rings is 2. The summed E-state index contributed by atoms with van der Waals surface area (Å²) in [6, 6.07) is 19.8. The third-order valence-electron chi connectivity index (χ3n) is 3.57. The second-order valence-corrected chi connectivity index (χ2v) is 5.31. The van der Waals surface area contributed by atoms with Gasteiger partial charge < -0.3 is 9.88 Å². The molecular formula is C19H18N2O. The molecule has 0 bridgehead atoms. The third kappa shape index (κ3) is 3.26. The van der Waals surface area contributed by atoms with Gasteiger partial charge in [0.1, 0.15) is 0 Å². The van der Waals surface area contributed by atoms with Gasteiger partial charge >= 0.3 is 0 Å². The SMILES string of the molecule is Cc1cccc(C(=O)NCc2ccc(-n3cccc3)cc2)c1. The molecule has 0 saturated heterocycles. The zero-order chi connectivity index (χ0) is 15.4. The van der Waals surface area contributed by atoms with Gasteiger partial charge in [0.2, 0.25) is 0 Å². The molecule has 0 spiro atoms. The van der Waals surface area contributed by atoms with E-state index in [1.165, 1.54) is 0 Å². The van der Waals surface area contributed by atoms with Gasteiger partial charge in [0.05, 0.1) is 0 Å². The maximum atomic E-state index is 12.1. The van der Waals surface area contributed by atoms with Crippen LogP contribution in [0.1, 0.15) is 21.5 Å². The summed E-state index contributed by atoms with van der Waals surface area (Å²) in [5.74, 6) is -0.0433. The fourth-order valence-electron chi connectivity index (χ4n) is 2.36. The van der Waals surface area contributed by atoms with E-state index < -0.39 is 0 Å². The maximum Gasteiger partial charge on any atom is 0.251 e. The standard InChI is InChI=1S/C19H18N2O/c1-15-5-4-6-17(13-15)19(22)20-14-16-7-9-18(10-8-16)21-11-2-3-12-21/h2-13H,14H2,1H3,(H,20,22). The molecule has 0 unspecified atom stereocenters. The van der Waals surface area contributed by atoms with Crippen LogP contribution in [0.5, 0.6) is 0 Å². The summed E-state index contributed by atoms with van der Waals surface area (Å²) in [6.45, 7) is 2.51. The van der Waals surface area contributed by atoms with E-state index in [9.17, 15) is 4.79 Å². The summed E-state index contributed by atoms with van der Waals surface area (Å²) < 4.78 is 2.05. The Kier molecular flexibility index (Phi) is 4.05. The number of nitrogens with one attached hydrogen (secondary N) is 1. The van der Waals surface area contributed by atoms with Gasteiger partial charge in [-0.25, -0.2) is 0 Å². The molecule has 0 saturated carbocycles. The largest absolute Gasteiger partial charge is 0.348 e.